The number of urea groups is 1. The Hall–Kier alpha value is -2.79. The second-order valence-electron chi connectivity index (χ2n) is 5.39. The molecule has 0 saturated heterocycles. The van der Waals surface area contributed by atoms with Crippen LogP contribution in [0.3, 0.4) is 0 Å². The molecule has 0 fully saturated rings. The minimum absolute atomic E-state index is 0.254. The Kier molecular flexibility index (Phi) is 4.82. The van der Waals surface area contributed by atoms with Crippen LogP contribution in [-0.2, 0) is 13.6 Å². The Morgan fingerprint density at radius 2 is 1.79 bits per heavy atom. The number of carbonyl (C=O) groups is 1. The fourth-order valence-electron chi connectivity index (χ4n) is 2.25. The predicted molar refractivity (Wildman–Crippen MR) is 96.0 cm³/mol. The van der Waals surface area contributed by atoms with Crippen LogP contribution in [0.2, 0.25) is 5.02 Å². The molecule has 0 atom stereocenters. The highest BCUT2D eigenvalue weighted by molar-refractivity contribution is 6.30. The van der Waals surface area contributed by atoms with Crippen LogP contribution >= 0.6 is 11.6 Å². The number of hydrogen-bond acceptors (Lipinski definition) is 2. The van der Waals surface area contributed by atoms with Crippen LogP contribution < -0.4 is 10.6 Å². The van der Waals surface area contributed by atoms with Crippen LogP contribution in [0.4, 0.5) is 10.5 Å². The maximum absolute atomic E-state index is 11.9. The molecular weight excluding hydrogens is 324 g/mol. The summed E-state index contributed by atoms with van der Waals surface area (Å²) < 4.78 is 1.76. The molecule has 3 rings (SSSR count). The third kappa shape index (κ3) is 4.14. The summed E-state index contributed by atoms with van der Waals surface area (Å²) in [5.41, 5.74) is 3.61. The number of rotatable bonds is 4. The molecule has 6 heteroatoms. The lowest BCUT2D eigenvalue weighted by atomic mass is 10.1. The highest BCUT2D eigenvalue weighted by Gasteiger charge is 2.04. The molecule has 1 heterocycles. The number of halogens is 1. The van der Waals surface area contributed by atoms with Gasteiger partial charge in [-0.15, -0.1) is 0 Å². The standard InChI is InChI=1S/C18H17ClN4O/c1-23-11-10-17(22-23)14-4-8-16(9-5-14)21-18(24)20-12-13-2-6-15(19)7-3-13/h2-11H,12H2,1H3,(H2,20,21,24). The number of amides is 2. The number of nitrogens with zero attached hydrogens (tertiary/aromatic N) is 2. The highest BCUT2D eigenvalue weighted by Crippen LogP contribution is 2.19. The zero-order valence-corrected chi connectivity index (χ0v) is 13.9. The van der Waals surface area contributed by atoms with Gasteiger partial charge in [-0.25, -0.2) is 4.79 Å². The van der Waals surface area contributed by atoms with Gasteiger partial charge < -0.3 is 10.6 Å². The molecule has 0 aliphatic carbocycles. The topological polar surface area (TPSA) is 59.0 Å². The fraction of sp³-hybridized carbons (Fsp3) is 0.111. The quantitative estimate of drug-likeness (QED) is 0.752. The summed E-state index contributed by atoms with van der Waals surface area (Å²) in [6, 6.07) is 16.6. The maximum Gasteiger partial charge on any atom is 0.319 e. The number of nitrogens with one attached hydrogen (secondary N) is 2. The van der Waals surface area contributed by atoms with E-state index >= 15 is 0 Å². The summed E-state index contributed by atoms with van der Waals surface area (Å²) in [6.07, 6.45) is 1.89. The summed E-state index contributed by atoms with van der Waals surface area (Å²) in [7, 11) is 1.88. The van der Waals surface area contributed by atoms with Crippen molar-refractivity contribution in [1.29, 1.82) is 0 Å². The summed E-state index contributed by atoms with van der Waals surface area (Å²) >= 11 is 5.83. The third-order valence-corrected chi connectivity index (χ3v) is 3.77. The summed E-state index contributed by atoms with van der Waals surface area (Å²) in [5.74, 6) is 0. The second kappa shape index (κ2) is 7.19. The first-order chi connectivity index (χ1) is 11.6. The lowest BCUT2D eigenvalue weighted by Crippen LogP contribution is -2.28. The van der Waals surface area contributed by atoms with Crippen LogP contribution in [0.15, 0.2) is 60.8 Å². The van der Waals surface area contributed by atoms with E-state index in [1.54, 1.807) is 16.8 Å². The second-order valence-corrected chi connectivity index (χ2v) is 5.82. The van der Waals surface area contributed by atoms with Crippen molar-refractivity contribution < 1.29 is 4.79 Å². The minimum Gasteiger partial charge on any atom is -0.334 e. The average Bonchev–Trinajstić information content (AvgIpc) is 3.01. The van der Waals surface area contributed by atoms with E-state index in [-0.39, 0.29) is 6.03 Å². The van der Waals surface area contributed by atoms with Crippen molar-refractivity contribution in [3.8, 4) is 11.3 Å². The van der Waals surface area contributed by atoms with Crippen LogP contribution in [0.5, 0.6) is 0 Å². The van der Waals surface area contributed by atoms with E-state index in [4.69, 9.17) is 11.6 Å². The molecule has 3 aromatic rings. The maximum atomic E-state index is 11.9. The van der Waals surface area contributed by atoms with Crippen molar-refractivity contribution in [2.75, 3.05) is 5.32 Å². The van der Waals surface area contributed by atoms with Gasteiger partial charge in [-0.05, 0) is 35.9 Å². The molecule has 0 bridgehead atoms. The average molecular weight is 341 g/mol. The number of hydrogen-bond donors (Lipinski definition) is 2. The van der Waals surface area contributed by atoms with E-state index in [9.17, 15) is 4.79 Å². The Morgan fingerprint density at radius 3 is 2.42 bits per heavy atom. The zero-order chi connectivity index (χ0) is 16.9. The molecule has 122 valence electrons. The van der Waals surface area contributed by atoms with E-state index < -0.39 is 0 Å². The van der Waals surface area contributed by atoms with Gasteiger partial charge in [0.1, 0.15) is 0 Å². The first kappa shape index (κ1) is 16.1. The van der Waals surface area contributed by atoms with Gasteiger partial charge in [0, 0.05) is 36.1 Å². The molecule has 0 saturated carbocycles. The highest BCUT2D eigenvalue weighted by atomic mass is 35.5. The molecule has 2 aromatic carbocycles. The molecule has 24 heavy (non-hydrogen) atoms. The van der Waals surface area contributed by atoms with E-state index in [2.05, 4.69) is 15.7 Å². The molecule has 2 N–H and O–H groups in total. The molecule has 0 radical (unpaired) electrons. The molecule has 5 nitrogen and oxygen atoms in total. The van der Waals surface area contributed by atoms with Gasteiger partial charge in [-0.3, -0.25) is 4.68 Å². The van der Waals surface area contributed by atoms with E-state index in [1.807, 2.05) is 55.7 Å². The normalized spacial score (nSPS) is 10.4. The van der Waals surface area contributed by atoms with Crippen molar-refractivity contribution in [2.45, 2.75) is 6.54 Å². The summed E-state index contributed by atoms with van der Waals surface area (Å²) in [5, 5.41) is 10.6. The Bertz CT molecular complexity index is 825. The SMILES string of the molecule is Cn1ccc(-c2ccc(NC(=O)NCc3ccc(Cl)cc3)cc2)n1. The largest absolute Gasteiger partial charge is 0.334 e. The molecule has 0 unspecified atom stereocenters. The third-order valence-electron chi connectivity index (χ3n) is 3.52. The number of carbonyl (C=O) groups excluding carboxylic acids is 1. The van der Waals surface area contributed by atoms with Crippen LogP contribution in [-0.4, -0.2) is 15.8 Å². The van der Waals surface area contributed by atoms with Crippen LogP contribution in [0, 0.1) is 0 Å². The molecule has 0 aliphatic rings. The minimum atomic E-state index is -0.254. The Balaban J connectivity index is 1.55. The smallest absolute Gasteiger partial charge is 0.319 e. The van der Waals surface area contributed by atoms with Gasteiger partial charge >= 0.3 is 6.03 Å². The van der Waals surface area contributed by atoms with Gasteiger partial charge in [0.25, 0.3) is 0 Å². The van der Waals surface area contributed by atoms with Gasteiger partial charge in [-0.2, -0.15) is 5.10 Å². The van der Waals surface area contributed by atoms with Gasteiger partial charge in [0.15, 0.2) is 0 Å². The van der Waals surface area contributed by atoms with Crippen molar-refractivity contribution in [3.63, 3.8) is 0 Å². The van der Waals surface area contributed by atoms with Gasteiger partial charge in [-0.1, -0.05) is 35.9 Å². The number of anilines is 1. The first-order valence-corrected chi connectivity index (χ1v) is 7.87. The van der Waals surface area contributed by atoms with Crippen molar-refractivity contribution >= 4 is 23.3 Å². The molecular formula is C18H17ClN4O. The Morgan fingerprint density at radius 1 is 1.08 bits per heavy atom. The first-order valence-electron chi connectivity index (χ1n) is 7.49. The van der Waals surface area contributed by atoms with E-state index in [1.165, 1.54) is 0 Å². The Labute approximate surface area is 145 Å². The van der Waals surface area contributed by atoms with E-state index in [0.29, 0.717) is 11.6 Å². The van der Waals surface area contributed by atoms with Crippen molar-refractivity contribution in [1.82, 2.24) is 15.1 Å². The van der Waals surface area contributed by atoms with Gasteiger partial charge in [0.2, 0.25) is 0 Å². The van der Waals surface area contributed by atoms with Crippen LogP contribution in [0.25, 0.3) is 11.3 Å². The fourth-order valence-corrected chi connectivity index (χ4v) is 2.38. The van der Waals surface area contributed by atoms with Crippen LogP contribution in [0.1, 0.15) is 5.56 Å². The number of benzene rings is 2. The zero-order valence-electron chi connectivity index (χ0n) is 13.2. The van der Waals surface area contributed by atoms with Gasteiger partial charge in [0.05, 0.1) is 5.69 Å². The number of aryl methyl sites for hydroxylation is 1. The molecule has 2 amide bonds. The predicted octanol–water partition coefficient (Wildman–Crippen LogP) is 4.06. The number of aromatic nitrogens is 2. The molecule has 1 aromatic heterocycles. The monoisotopic (exact) mass is 340 g/mol. The van der Waals surface area contributed by atoms with Crippen molar-refractivity contribution in [3.05, 3.63) is 71.4 Å². The molecule has 0 aliphatic heterocycles. The lowest BCUT2D eigenvalue weighted by Gasteiger charge is -2.08. The lowest BCUT2D eigenvalue weighted by molar-refractivity contribution is 0.251. The summed E-state index contributed by atoms with van der Waals surface area (Å²) in [6.45, 7) is 0.440. The van der Waals surface area contributed by atoms with E-state index in [0.717, 1.165) is 22.5 Å². The molecule has 0 spiro atoms. The summed E-state index contributed by atoms with van der Waals surface area (Å²) in [4.78, 5) is 11.9. The van der Waals surface area contributed by atoms with Crippen molar-refractivity contribution in [2.24, 2.45) is 7.05 Å².